The van der Waals surface area contributed by atoms with Gasteiger partial charge in [-0.05, 0) is 49.6 Å². The molecule has 1 N–H and O–H groups in total. The summed E-state index contributed by atoms with van der Waals surface area (Å²) in [6.07, 6.45) is 1.01. The summed E-state index contributed by atoms with van der Waals surface area (Å²) in [6.45, 7) is 4.60. The summed E-state index contributed by atoms with van der Waals surface area (Å²) in [6, 6.07) is 13.8. The van der Waals surface area contributed by atoms with Crippen molar-refractivity contribution in [1.29, 1.82) is 0 Å². The average Bonchev–Trinajstić information content (AvgIpc) is 2.87. The summed E-state index contributed by atoms with van der Waals surface area (Å²) in [5.74, 6) is 0.141. The molecule has 0 saturated heterocycles. The van der Waals surface area contributed by atoms with Crippen molar-refractivity contribution in [3.63, 3.8) is 0 Å². The summed E-state index contributed by atoms with van der Waals surface area (Å²) < 4.78 is 5.34. The SMILES string of the molecule is Cc1c(O)ccc2c(CN3c4ccccc4CC3C)cc(=O)oc12. The third-order valence-electron chi connectivity index (χ3n) is 4.91. The van der Waals surface area contributed by atoms with E-state index in [1.54, 1.807) is 19.1 Å². The lowest BCUT2D eigenvalue weighted by atomic mass is 10.1. The molecule has 1 aliphatic heterocycles. The van der Waals surface area contributed by atoms with Crippen LogP contribution in [0.1, 0.15) is 23.6 Å². The molecule has 0 saturated carbocycles. The van der Waals surface area contributed by atoms with Gasteiger partial charge in [0.2, 0.25) is 0 Å². The van der Waals surface area contributed by atoms with Gasteiger partial charge in [0, 0.05) is 35.3 Å². The molecule has 0 radical (unpaired) electrons. The van der Waals surface area contributed by atoms with Gasteiger partial charge >= 0.3 is 5.63 Å². The molecule has 1 unspecified atom stereocenters. The number of aryl methyl sites for hydroxylation is 1. The first-order chi connectivity index (χ1) is 11.5. The van der Waals surface area contributed by atoms with Crippen LogP contribution in [0.3, 0.4) is 0 Å². The summed E-state index contributed by atoms with van der Waals surface area (Å²) in [7, 11) is 0. The van der Waals surface area contributed by atoms with Gasteiger partial charge in [0.1, 0.15) is 11.3 Å². The molecular weight excluding hydrogens is 302 g/mol. The minimum Gasteiger partial charge on any atom is -0.508 e. The van der Waals surface area contributed by atoms with Gasteiger partial charge in [-0.2, -0.15) is 0 Å². The minimum atomic E-state index is -0.383. The lowest BCUT2D eigenvalue weighted by Crippen LogP contribution is -2.29. The monoisotopic (exact) mass is 321 g/mol. The second-order valence-electron chi connectivity index (χ2n) is 6.49. The molecule has 2 aromatic carbocycles. The first-order valence-electron chi connectivity index (χ1n) is 8.14. The number of fused-ring (bicyclic) bond motifs is 2. The van der Waals surface area contributed by atoms with Crippen LogP contribution in [-0.2, 0) is 13.0 Å². The van der Waals surface area contributed by atoms with Crippen LogP contribution < -0.4 is 10.5 Å². The molecule has 122 valence electrons. The van der Waals surface area contributed by atoms with Crippen molar-refractivity contribution in [2.45, 2.75) is 32.9 Å². The minimum absolute atomic E-state index is 0.141. The van der Waals surface area contributed by atoms with Gasteiger partial charge in [-0.25, -0.2) is 4.79 Å². The van der Waals surface area contributed by atoms with Crippen molar-refractivity contribution in [1.82, 2.24) is 0 Å². The molecule has 1 atom stereocenters. The molecule has 0 fully saturated rings. The number of benzene rings is 2. The van der Waals surface area contributed by atoms with Crippen LogP contribution in [0.5, 0.6) is 5.75 Å². The predicted molar refractivity (Wildman–Crippen MR) is 94.7 cm³/mol. The number of anilines is 1. The highest BCUT2D eigenvalue weighted by atomic mass is 16.4. The van der Waals surface area contributed by atoms with Crippen LogP contribution in [0, 0.1) is 6.92 Å². The molecule has 0 bridgehead atoms. The predicted octanol–water partition coefficient (Wildman–Crippen LogP) is 3.76. The normalized spacial score (nSPS) is 16.6. The van der Waals surface area contributed by atoms with E-state index in [1.807, 2.05) is 12.1 Å². The Labute approximate surface area is 140 Å². The van der Waals surface area contributed by atoms with E-state index in [4.69, 9.17) is 4.42 Å². The van der Waals surface area contributed by atoms with Crippen LogP contribution in [0.15, 0.2) is 51.7 Å². The number of rotatable bonds is 2. The van der Waals surface area contributed by atoms with Gasteiger partial charge < -0.3 is 14.4 Å². The van der Waals surface area contributed by atoms with Crippen molar-refractivity contribution in [2.75, 3.05) is 4.90 Å². The Hall–Kier alpha value is -2.75. The van der Waals surface area contributed by atoms with Crippen LogP contribution in [0.25, 0.3) is 11.0 Å². The van der Waals surface area contributed by atoms with Gasteiger partial charge in [-0.15, -0.1) is 0 Å². The maximum atomic E-state index is 12.0. The van der Waals surface area contributed by atoms with Crippen molar-refractivity contribution in [3.8, 4) is 5.75 Å². The van der Waals surface area contributed by atoms with Gasteiger partial charge in [0.15, 0.2) is 0 Å². The lowest BCUT2D eigenvalue weighted by Gasteiger charge is -2.25. The number of phenols is 1. The van der Waals surface area contributed by atoms with Crippen LogP contribution in [0.2, 0.25) is 0 Å². The van der Waals surface area contributed by atoms with E-state index in [-0.39, 0.29) is 11.4 Å². The van der Waals surface area contributed by atoms with E-state index < -0.39 is 0 Å². The van der Waals surface area contributed by atoms with Crippen molar-refractivity contribution >= 4 is 16.7 Å². The molecule has 24 heavy (non-hydrogen) atoms. The molecule has 0 amide bonds. The highest BCUT2D eigenvalue weighted by Crippen LogP contribution is 2.34. The zero-order valence-electron chi connectivity index (χ0n) is 13.7. The van der Waals surface area contributed by atoms with E-state index in [1.165, 1.54) is 11.3 Å². The topological polar surface area (TPSA) is 53.7 Å². The molecule has 4 rings (SSSR count). The largest absolute Gasteiger partial charge is 0.508 e. The molecule has 0 spiro atoms. The Morgan fingerprint density at radius 3 is 2.88 bits per heavy atom. The van der Waals surface area contributed by atoms with E-state index in [2.05, 4.69) is 30.0 Å². The standard InChI is InChI=1S/C20H19NO3/c1-12-9-14-5-3-4-6-17(14)21(12)11-15-10-19(23)24-20-13(2)18(22)8-7-16(15)20/h3-8,10,12,22H,9,11H2,1-2H3. The van der Waals surface area contributed by atoms with Crippen molar-refractivity contribution in [2.24, 2.45) is 0 Å². The highest BCUT2D eigenvalue weighted by molar-refractivity contribution is 5.85. The maximum absolute atomic E-state index is 12.0. The van der Waals surface area contributed by atoms with Gasteiger partial charge in [0.25, 0.3) is 0 Å². The number of hydrogen-bond donors (Lipinski definition) is 1. The summed E-state index contributed by atoms with van der Waals surface area (Å²) in [4.78, 5) is 14.3. The molecule has 4 nitrogen and oxygen atoms in total. The molecule has 1 aromatic heterocycles. The number of para-hydroxylation sites is 1. The Morgan fingerprint density at radius 1 is 1.25 bits per heavy atom. The zero-order chi connectivity index (χ0) is 16.8. The summed E-state index contributed by atoms with van der Waals surface area (Å²) in [5, 5.41) is 10.8. The molecule has 2 heterocycles. The third-order valence-corrected chi connectivity index (χ3v) is 4.91. The number of nitrogens with zero attached hydrogens (tertiary/aromatic N) is 1. The molecule has 1 aliphatic rings. The van der Waals surface area contributed by atoms with E-state index >= 15 is 0 Å². The Kier molecular flexibility index (Phi) is 3.34. The summed E-state index contributed by atoms with van der Waals surface area (Å²) >= 11 is 0. The zero-order valence-corrected chi connectivity index (χ0v) is 13.7. The third kappa shape index (κ3) is 2.26. The molecule has 4 heteroatoms. The summed E-state index contributed by atoms with van der Waals surface area (Å²) in [5.41, 5.74) is 4.17. The number of hydrogen-bond acceptors (Lipinski definition) is 4. The Morgan fingerprint density at radius 2 is 2.04 bits per heavy atom. The van der Waals surface area contributed by atoms with E-state index in [9.17, 15) is 9.90 Å². The van der Waals surface area contributed by atoms with Gasteiger partial charge in [-0.1, -0.05) is 18.2 Å². The molecule has 0 aliphatic carbocycles. The van der Waals surface area contributed by atoms with E-state index in [0.29, 0.717) is 23.7 Å². The number of aromatic hydroxyl groups is 1. The first kappa shape index (κ1) is 14.8. The fourth-order valence-electron chi connectivity index (χ4n) is 3.60. The van der Waals surface area contributed by atoms with Crippen LogP contribution in [-0.4, -0.2) is 11.1 Å². The number of phenolic OH excluding ortho intramolecular Hbond substituents is 1. The van der Waals surface area contributed by atoms with E-state index in [0.717, 1.165) is 17.4 Å². The molecule has 3 aromatic rings. The van der Waals surface area contributed by atoms with Crippen molar-refractivity contribution < 1.29 is 9.52 Å². The Balaban J connectivity index is 1.84. The Bertz CT molecular complexity index is 990. The highest BCUT2D eigenvalue weighted by Gasteiger charge is 2.26. The smallest absolute Gasteiger partial charge is 0.336 e. The first-order valence-corrected chi connectivity index (χ1v) is 8.14. The van der Waals surface area contributed by atoms with Gasteiger partial charge in [0.05, 0.1) is 0 Å². The lowest BCUT2D eigenvalue weighted by molar-refractivity contribution is 0.468. The fourth-order valence-corrected chi connectivity index (χ4v) is 3.60. The van der Waals surface area contributed by atoms with Crippen LogP contribution >= 0.6 is 0 Å². The molecular formula is C20H19NO3. The average molecular weight is 321 g/mol. The second-order valence-corrected chi connectivity index (χ2v) is 6.49. The van der Waals surface area contributed by atoms with Crippen LogP contribution in [0.4, 0.5) is 5.69 Å². The van der Waals surface area contributed by atoms with Crippen molar-refractivity contribution in [3.05, 3.63) is 69.6 Å². The van der Waals surface area contributed by atoms with Gasteiger partial charge in [-0.3, -0.25) is 0 Å². The second kappa shape index (κ2) is 5.41. The fraction of sp³-hybridized carbons (Fsp3) is 0.250. The quantitative estimate of drug-likeness (QED) is 0.730. The maximum Gasteiger partial charge on any atom is 0.336 e.